The molecule has 0 radical (unpaired) electrons. The fourth-order valence-electron chi connectivity index (χ4n) is 3.12. The number of carboxylic acids is 1. The lowest BCUT2D eigenvalue weighted by molar-refractivity contribution is -0.192. The number of ether oxygens (including phenoxy) is 2. The van der Waals surface area contributed by atoms with Gasteiger partial charge in [-0.1, -0.05) is 30.3 Å². The molecule has 0 amide bonds. The third kappa shape index (κ3) is 6.82. The van der Waals surface area contributed by atoms with E-state index in [1.165, 1.54) is 5.56 Å². The highest BCUT2D eigenvalue weighted by atomic mass is 19.4. The molecule has 1 aromatic heterocycles. The first kappa shape index (κ1) is 23.8. The molecule has 2 heterocycles. The van der Waals surface area contributed by atoms with E-state index in [9.17, 15) is 13.2 Å². The third-order valence-corrected chi connectivity index (χ3v) is 4.67. The van der Waals surface area contributed by atoms with Crippen LogP contribution in [0.2, 0.25) is 0 Å². The minimum absolute atomic E-state index is 0.315. The maximum absolute atomic E-state index is 10.6. The SMILES string of the molecule is COCc1cnc2n1CCN(CCOCc1ccccc1)C2C.O=C(O)C(F)(F)F. The monoisotopic (exact) mass is 429 g/mol. The highest BCUT2D eigenvalue weighted by Gasteiger charge is 2.38. The fraction of sp³-hybridized carbons (Fsp3) is 0.500. The van der Waals surface area contributed by atoms with Crippen molar-refractivity contribution >= 4 is 5.97 Å². The first-order valence-electron chi connectivity index (χ1n) is 9.43. The summed E-state index contributed by atoms with van der Waals surface area (Å²) in [6, 6.07) is 10.6. The first-order chi connectivity index (χ1) is 14.2. The van der Waals surface area contributed by atoms with Crippen LogP contribution in [-0.2, 0) is 34.0 Å². The number of alkyl halides is 3. The second-order valence-corrected chi connectivity index (χ2v) is 6.75. The van der Waals surface area contributed by atoms with Crippen molar-refractivity contribution in [3.8, 4) is 0 Å². The molecule has 1 aromatic carbocycles. The van der Waals surface area contributed by atoms with Crippen molar-refractivity contribution in [2.45, 2.75) is 38.9 Å². The van der Waals surface area contributed by atoms with Crippen LogP contribution in [0, 0.1) is 0 Å². The number of carboxylic acid groups (broad SMARTS) is 1. The van der Waals surface area contributed by atoms with Gasteiger partial charge in [0, 0.05) is 26.7 Å². The molecule has 1 unspecified atom stereocenters. The molecule has 10 heteroatoms. The molecular weight excluding hydrogens is 403 g/mol. The van der Waals surface area contributed by atoms with Crippen LogP contribution in [0.4, 0.5) is 13.2 Å². The van der Waals surface area contributed by atoms with Crippen LogP contribution < -0.4 is 0 Å². The summed E-state index contributed by atoms with van der Waals surface area (Å²) >= 11 is 0. The summed E-state index contributed by atoms with van der Waals surface area (Å²) in [7, 11) is 1.72. The highest BCUT2D eigenvalue weighted by molar-refractivity contribution is 5.73. The number of aliphatic carboxylic acids is 1. The molecule has 2 aromatic rings. The Morgan fingerprint density at radius 2 is 1.90 bits per heavy atom. The lowest BCUT2D eigenvalue weighted by atomic mass is 10.2. The number of carbonyl (C=O) groups is 1. The van der Waals surface area contributed by atoms with Crippen LogP contribution in [0.5, 0.6) is 0 Å². The first-order valence-corrected chi connectivity index (χ1v) is 9.43. The zero-order valence-corrected chi connectivity index (χ0v) is 16.9. The standard InChI is InChI=1S/C18H25N3O2.C2HF3O2/c1-15-18-19-12-17(14-22-2)21(18)9-8-20(15)10-11-23-13-16-6-4-3-5-7-16;3-2(4,5)1(6)7/h3-7,12,15H,8-11,13-14H2,1-2H3;(H,6,7). The molecule has 1 N–H and O–H groups in total. The van der Waals surface area contributed by atoms with Crippen LogP contribution >= 0.6 is 0 Å². The number of hydrogen-bond donors (Lipinski definition) is 1. The van der Waals surface area contributed by atoms with Crippen molar-refractivity contribution in [1.82, 2.24) is 14.5 Å². The van der Waals surface area contributed by atoms with Gasteiger partial charge in [0.15, 0.2) is 0 Å². The molecule has 0 spiro atoms. The lowest BCUT2D eigenvalue weighted by Crippen LogP contribution is -2.39. The number of hydrogen-bond acceptors (Lipinski definition) is 5. The van der Waals surface area contributed by atoms with E-state index in [0.717, 1.165) is 37.8 Å². The number of halogens is 3. The smallest absolute Gasteiger partial charge is 0.475 e. The second kappa shape index (κ2) is 11.1. The van der Waals surface area contributed by atoms with Gasteiger partial charge in [0.2, 0.25) is 0 Å². The minimum atomic E-state index is -5.08. The zero-order valence-electron chi connectivity index (χ0n) is 16.9. The van der Waals surface area contributed by atoms with Crippen molar-refractivity contribution in [2.24, 2.45) is 0 Å². The molecule has 166 valence electrons. The summed E-state index contributed by atoms with van der Waals surface area (Å²) in [6.45, 7) is 7.18. The van der Waals surface area contributed by atoms with Gasteiger partial charge in [-0.05, 0) is 12.5 Å². The average molecular weight is 429 g/mol. The summed E-state index contributed by atoms with van der Waals surface area (Å²) in [5, 5.41) is 7.12. The third-order valence-electron chi connectivity index (χ3n) is 4.67. The van der Waals surface area contributed by atoms with Crippen LogP contribution in [0.3, 0.4) is 0 Å². The van der Waals surface area contributed by atoms with Gasteiger partial charge in [0.05, 0.1) is 37.8 Å². The number of benzene rings is 1. The molecule has 30 heavy (non-hydrogen) atoms. The van der Waals surface area contributed by atoms with Crippen LogP contribution in [0.1, 0.15) is 30.0 Å². The molecule has 0 aliphatic carbocycles. The number of aromatic nitrogens is 2. The predicted molar refractivity (Wildman–Crippen MR) is 103 cm³/mol. The van der Waals surface area contributed by atoms with E-state index in [0.29, 0.717) is 19.3 Å². The van der Waals surface area contributed by atoms with Crippen molar-refractivity contribution < 1.29 is 32.5 Å². The van der Waals surface area contributed by atoms with Crippen LogP contribution in [-0.4, -0.2) is 58.5 Å². The molecule has 0 saturated carbocycles. The zero-order chi connectivity index (χ0) is 22.1. The second-order valence-electron chi connectivity index (χ2n) is 6.75. The Kier molecular flexibility index (Phi) is 8.82. The van der Waals surface area contributed by atoms with Crippen molar-refractivity contribution in [3.63, 3.8) is 0 Å². The van der Waals surface area contributed by atoms with Gasteiger partial charge in [-0.25, -0.2) is 9.78 Å². The van der Waals surface area contributed by atoms with Crippen molar-refractivity contribution in [2.75, 3.05) is 26.8 Å². The van der Waals surface area contributed by atoms with Gasteiger partial charge < -0.3 is 19.1 Å². The molecule has 0 fully saturated rings. The van der Waals surface area contributed by atoms with E-state index in [-0.39, 0.29) is 0 Å². The van der Waals surface area contributed by atoms with E-state index in [2.05, 4.69) is 33.5 Å². The van der Waals surface area contributed by atoms with Gasteiger partial charge in [-0.2, -0.15) is 13.2 Å². The Balaban J connectivity index is 0.000000396. The van der Waals surface area contributed by atoms with Crippen LogP contribution in [0.25, 0.3) is 0 Å². The minimum Gasteiger partial charge on any atom is -0.475 e. The molecule has 0 bridgehead atoms. The predicted octanol–water partition coefficient (Wildman–Crippen LogP) is 3.26. The Morgan fingerprint density at radius 3 is 2.50 bits per heavy atom. The summed E-state index contributed by atoms with van der Waals surface area (Å²) < 4.78 is 45.1. The Hall–Kier alpha value is -2.43. The molecule has 3 rings (SSSR count). The van der Waals surface area contributed by atoms with Crippen LogP contribution in [0.15, 0.2) is 36.5 Å². The number of nitrogens with zero attached hydrogens (tertiary/aromatic N) is 3. The van der Waals surface area contributed by atoms with Crippen molar-refractivity contribution in [1.29, 1.82) is 0 Å². The number of methoxy groups -OCH3 is 1. The normalized spacial score (nSPS) is 16.5. The molecule has 0 saturated heterocycles. The Labute approximate surface area is 173 Å². The van der Waals surface area contributed by atoms with Crippen molar-refractivity contribution in [3.05, 3.63) is 53.6 Å². The van der Waals surface area contributed by atoms with Gasteiger partial charge in [-0.15, -0.1) is 0 Å². The maximum Gasteiger partial charge on any atom is 0.490 e. The van der Waals surface area contributed by atoms with E-state index < -0.39 is 12.1 Å². The largest absolute Gasteiger partial charge is 0.490 e. The number of fused-ring (bicyclic) bond motifs is 1. The summed E-state index contributed by atoms with van der Waals surface area (Å²) in [6.07, 6.45) is -3.15. The Morgan fingerprint density at radius 1 is 1.23 bits per heavy atom. The molecule has 1 aliphatic rings. The summed E-state index contributed by atoms with van der Waals surface area (Å²) in [4.78, 5) is 15.9. The van der Waals surface area contributed by atoms with E-state index >= 15 is 0 Å². The topological polar surface area (TPSA) is 76.8 Å². The molecular formula is C20H26F3N3O4. The van der Waals surface area contributed by atoms with Gasteiger partial charge in [-0.3, -0.25) is 4.90 Å². The quantitative estimate of drug-likeness (QED) is 0.681. The van der Waals surface area contributed by atoms with Gasteiger partial charge in [0.1, 0.15) is 5.82 Å². The highest BCUT2D eigenvalue weighted by Crippen LogP contribution is 2.25. The fourth-order valence-corrected chi connectivity index (χ4v) is 3.12. The lowest BCUT2D eigenvalue weighted by Gasteiger charge is -2.34. The Bertz CT molecular complexity index is 796. The molecule has 1 atom stereocenters. The number of rotatable bonds is 7. The van der Waals surface area contributed by atoms with E-state index in [4.69, 9.17) is 19.4 Å². The molecule has 1 aliphatic heterocycles. The maximum atomic E-state index is 10.6. The van der Waals surface area contributed by atoms with Gasteiger partial charge in [0.25, 0.3) is 0 Å². The van der Waals surface area contributed by atoms with Gasteiger partial charge >= 0.3 is 12.1 Å². The molecule has 7 nitrogen and oxygen atoms in total. The summed E-state index contributed by atoms with van der Waals surface area (Å²) in [5.74, 6) is -1.63. The van der Waals surface area contributed by atoms with E-state index in [1.54, 1.807) is 7.11 Å². The summed E-state index contributed by atoms with van der Waals surface area (Å²) in [5.41, 5.74) is 2.38. The number of imidazole rings is 1. The van der Waals surface area contributed by atoms with E-state index in [1.807, 2.05) is 24.4 Å². The average Bonchev–Trinajstić information content (AvgIpc) is 3.11.